The third-order valence-electron chi connectivity index (χ3n) is 4.07. The SMILES string of the molecule is O=[N+]([O-])c1ccc(CC2NCCc3cc(O)c(O)cc32)cc1O. The lowest BCUT2D eigenvalue weighted by molar-refractivity contribution is -0.385. The molecule has 2 aromatic rings. The molecule has 1 aliphatic heterocycles. The van der Waals surface area contributed by atoms with Crippen LogP contribution in [0.25, 0.3) is 0 Å². The smallest absolute Gasteiger partial charge is 0.310 e. The van der Waals surface area contributed by atoms with Crippen molar-refractivity contribution in [3.05, 3.63) is 57.1 Å². The van der Waals surface area contributed by atoms with Gasteiger partial charge in [-0.3, -0.25) is 10.1 Å². The summed E-state index contributed by atoms with van der Waals surface area (Å²) in [6.45, 7) is 0.723. The van der Waals surface area contributed by atoms with Crippen LogP contribution < -0.4 is 5.32 Å². The van der Waals surface area contributed by atoms with E-state index in [1.54, 1.807) is 12.1 Å². The van der Waals surface area contributed by atoms with E-state index in [4.69, 9.17) is 0 Å². The number of aromatic hydroxyl groups is 3. The molecule has 4 N–H and O–H groups in total. The van der Waals surface area contributed by atoms with Crippen molar-refractivity contribution in [3.8, 4) is 17.2 Å². The minimum absolute atomic E-state index is 0.105. The molecule has 0 spiro atoms. The number of fused-ring (bicyclic) bond motifs is 1. The Balaban J connectivity index is 1.89. The predicted molar refractivity (Wildman–Crippen MR) is 82.7 cm³/mol. The summed E-state index contributed by atoms with van der Waals surface area (Å²) in [6.07, 6.45) is 1.24. The standard InChI is InChI=1S/C16H16N2O5/c19-14-6-9(1-2-13(14)18(22)23)5-12-11-8-16(21)15(20)7-10(11)3-4-17-12/h1-2,6-8,12,17,19-21H,3-5H2. The van der Waals surface area contributed by atoms with E-state index in [2.05, 4.69) is 5.32 Å². The van der Waals surface area contributed by atoms with Crippen LogP contribution in [-0.4, -0.2) is 26.8 Å². The van der Waals surface area contributed by atoms with E-state index in [1.807, 2.05) is 0 Å². The Bertz CT molecular complexity index is 775. The molecule has 23 heavy (non-hydrogen) atoms. The van der Waals surface area contributed by atoms with Gasteiger partial charge in [0.15, 0.2) is 17.2 Å². The average Bonchev–Trinajstić information content (AvgIpc) is 2.49. The van der Waals surface area contributed by atoms with Crippen LogP contribution in [-0.2, 0) is 12.8 Å². The maximum atomic E-state index is 10.7. The number of nitrogens with one attached hydrogen (secondary N) is 1. The highest BCUT2D eigenvalue weighted by atomic mass is 16.6. The number of rotatable bonds is 3. The zero-order chi connectivity index (χ0) is 16.6. The normalized spacial score (nSPS) is 16.8. The van der Waals surface area contributed by atoms with Crippen molar-refractivity contribution in [2.24, 2.45) is 0 Å². The first kappa shape index (κ1) is 15.1. The van der Waals surface area contributed by atoms with E-state index < -0.39 is 4.92 Å². The van der Waals surface area contributed by atoms with Crippen LogP contribution >= 0.6 is 0 Å². The predicted octanol–water partition coefficient (Wildman–Crippen LogP) is 2.14. The van der Waals surface area contributed by atoms with Crippen molar-refractivity contribution < 1.29 is 20.2 Å². The van der Waals surface area contributed by atoms with Crippen molar-refractivity contribution in [2.45, 2.75) is 18.9 Å². The quantitative estimate of drug-likeness (QED) is 0.392. The minimum Gasteiger partial charge on any atom is -0.504 e. The van der Waals surface area contributed by atoms with Crippen molar-refractivity contribution in [2.75, 3.05) is 6.54 Å². The van der Waals surface area contributed by atoms with E-state index in [0.717, 1.165) is 29.7 Å². The Morgan fingerprint density at radius 1 is 1.13 bits per heavy atom. The molecule has 0 radical (unpaired) electrons. The van der Waals surface area contributed by atoms with Crippen LogP contribution in [0.4, 0.5) is 5.69 Å². The minimum atomic E-state index is -0.631. The topological polar surface area (TPSA) is 116 Å². The Hall–Kier alpha value is -2.80. The molecule has 1 heterocycles. The summed E-state index contributed by atoms with van der Waals surface area (Å²) in [5.74, 6) is -0.682. The molecule has 0 amide bonds. The van der Waals surface area contributed by atoms with Crippen LogP contribution in [0.5, 0.6) is 17.2 Å². The van der Waals surface area contributed by atoms with Crippen molar-refractivity contribution >= 4 is 5.69 Å². The number of benzene rings is 2. The second-order valence-corrected chi connectivity index (χ2v) is 5.58. The van der Waals surface area contributed by atoms with E-state index in [9.17, 15) is 25.4 Å². The van der Waals surface area contributed by atoms with Gasteiger partial charge in [0.1, 0.15) is 0 Å². The molecule has 1 aliphatic rings. The van der Waals surface area contributed by atoms with E-state index in [0.29, 0.717) is 6.42 Å². The molecule has 0 bridgehead atoms. The number of phenolic OH excluding ortho intramolecular Hbond substituents is 3. The molecular formula is C16H16N2O5. The zero-order valence-corrected chi connectivity index (χ0v) is 12.2. The van der Waals surface area contributed by atoms with Gasteiger partial charge in [0.25, 0.3) is 0 Å². The lowest BCUT2D eigenvalue weighted by Gasteiger charge is -2.27. The lowest BCUT2D eigenvalue weighted by atomic mass is 9.90. The Labute approximate surface area is 132 Å². The number of hydrogen-bond acceptors (Lipinski definition) is 6. The van der Waals surface area contributed by atoms with Crippen molar-refractivity contribution in [1.29, 1.82) is 0 Å². The van der Waals surface area contributed by atoms with Gasteiger partial charge in [-0.25, -0.2) is 0 Å². The second-order valence-electron chi connectivity index (χ2n) is 5.58. The first-order valence-corrected chi connectivity index (χ1v) is 7.20. The van der Waals surface area contributed by atoms with Crippen molar-refractivity contribution in [1.82, 2.24) is 5.32 Å². The Morgan fingerprint density at radius 2 is 1.87 bits per heavy atom. The molecule has 0 aliphatic carbocycles. The maximum absolute atomic E-state index is 10.7. The number of phenols is 3. The van der Waals surface area contributed by atoms with Crippen LogP contribution in [0.15, 0.2) is 30.3 Å². The average molecular weight is 316 g/mol. The van der Waals surface area contributed by atoms with Crippen LogP contribution in [0.2, 0.25) is 0 Å². The lowest BCUT2D eigenvalue weighted by Crippen LogP contribution is -2.31. The molecule has 0 fully saturated rings. The highest BCUT2D eigenvalue weighted by Gasteiger charge is 2.23. The molecule has 3 rings (SSSR count). The summed E-state index contributed by atoms with van der Waals surface area (Å²) >= 11 is 0. The van der Waals surface area contributed by atoms with Crippen molar-refractivity contribution in [3.63, 3.8) is 0 Å². The third-order valence-corrected chi connectivity index (χ3v) is 4.07. The zero-order valence-electron chi connectivity index (χ0n) is 12.2. The molecule has 120 valence electrons. The van der Waals surface area contributed by atoms with E-state index in [1.165, 1.54) is 18.2 Å². The van der Waals surface area contributed by atoms with Gasteiger partial charge in [-0.15, -0.1) is 0 Å². The monoisotopic (exact) mass is 316 g/mol. The van der Waals surface area contributed by atoms with Crippen LogP contribution in [0.3, 0.4) is 0 Å². The number of hydrogen-bond donors (Lipinski definition) is 4. The highest BCUT2D eigenvalue weighted by molar-refractivity contribution is 5.50. The summed E-state index contributed by atoms with van der Waals surface area (Å²) in [5, 5.41) is 43.1. The second kappa shape index (κ2) is 5.77. The first-order chi connectivity index (χ1) is 11.0. The fourth-order valence-electron chi connectivity index (χ4n) is 2.94. The molecule has 1 unspecified atom stereocenters. The molecule has 1 atom stereocenters. The number of nitrogens with zero attached hydrogens (tertiary/aromatic N) is 1. The highest BCUT2D eigenvalue weighted by Crippen LogP contribution is 2.35. The van der Waals surface area contributed by atoms with Gasteiger partial charge < -0.3 is 20.6 Å². The molecule has 2 aromatic carbocycles. The van der Waals surface area contributed by atoms with Gasteiger partial charge >= 0.3 is 5.69 Å². The van der Waals surface area contributed by atoms with Crippen LogP contribution in [0.1, 0.15) is 22.7 Å². The fourth-order valence-corrected chi connectivity index (χ4v) is 2.94. The summed E-state index contributed by atoms with van der Waals surface area (Å²) in [6, 6.07) is 7.26. The van der Waals surface area contributed by atoms with E-state index in [-0.39, 0.29) is 29.0 Å². The molecule has 0 saturated heterocycles. The summed E-state index contributed by atoms with van der Waals surface area (Å²) in [7, 11) is 0. The molecule has 0 aromatic heterocycles. The Morgan fingerprint density at radius 3 is 2.57 bits per heavy atom. The van der Waals surface area contributed by atoms with Gasteiger partial charge in [-0.2, -0.15) is 0 Å². The number of nitro groups is 1. The summed E-state index contributed by atoms with van der Waals surface area (Å²) in [4.78, 5) is 10.1. The molecule has 7 nitrogen and oxygen atoms in total. The van der Waals surface area contributed by atoms with E-state index >= 15 is 0 Å². The molecule has 0 saturated carbocycles. The fraction of sp³-hybridized carbons (Fsp3) is 0.250. The maximum Gasteiger partial charge on any atom is 0.310 e. The molecule has 7 heteroatoms. The number of nitro benzene ring substituents is 1. The van der Waals surface area contributed by atoms with Gasteiger partial charge in [0.2, 0.25) is 0 Å². The molecular weight excluding hydrogens is 300 g/mol. The summed E-state index contributed by atoms with van der Waals surface area (Å²) in [5.41, 5.74) is 2.25. The largest absolute Gasteiger partial charge is 0.504 e. The van der Waals surface area contributed by atoms with Gasteiger partial charge in [0, 0.05) is 12.1 Å². The van der Waals surface area contributed by atoms with Gasteiger partial charge in [-0.1, -0.05) is 6.07 Å². The Kier molecular flexibility index (Phi) is 3.79. The summed E-state index contributed by atoms with van der Waals surface area (Å²) < 4.78 is 0. The van der Waals surface area contributed by atoms with Gasteiger partial charge in [-0.05, 0) is 54.3 Å². The van der Waals surface area contributed by atoms with Crippen LogP contribution in [0, 0.1) is 10.1 Å². The third kappa shape index (κ3) is 2.91. The van der Waals surface area contributed by atoms with Gasteiger partial charge in [0.05, 0.1) is 4.92 Å². The first-order valence-electron chi connectivity index (χ1n) is 7.20.